The lowest BCUT2D eigenvalue weighted by Crippen LogP contribution is -2.43. The van der Waals surface area contributed by atoms with E-state index in [2.05, 4.69) is 52.1 Å². The Balaban J connectivity index is 2.17. The molecule has 1 amide bonds. The van der Waals surface area contributed by atoms with E-state index in [1.54, 1.807) is 7.05 Å². The van der Waals surface area contributed by atoms with E-state index in [0.717, 1.165) is 31.8 Å². The van der Waals surface area contributed by atoms with Gasteiger partial charge < -0.3 is 20.7 Å². The van der Waals surface area contributed by atoms with Gasteiger partial charge in [-0.3, -0.25) is 4.99 Å². The zero-order valence-electron chi connectivity index (χ0n) is 16.8. The number of benzene rings is 1. The maximum absolute atomic E-state index is 11.6. The van der Waals surface area contributed by atoms with Crippen molar-refractivity contribution in [1.29, 1.82) is 0 Å². The minimum absolute atomic E-state index is 0.321. The average Bonchev–Trinajstić information content (AvgIpc) is 2.58. The number of alkyl carbamates (subject to hydrolysis) is 1. The van der Waals surface area contributed by atoms with Crippen LogP contribution >= 0.6 is 0 Å². The van der Waals surface area contributed by atoms with Gasteiger partial charge >= 0.3 is 6.09 Å². The van der Waals surface area contributed by atoms with E-state index < -0.39 is 5.60 Å². The highest BCUT2D eigenvalue weighted by atomic mass is 16.6. The first-order valence-corrected chi connectivity index (χ1v) is 9.28. The summed E-state index contributed by atoms with van der Waals surface area (Å²) in [5.41, 5.74) is 0.877. The van der Waals surface area contributed by atoms with Crippen LogP contribution in [-0.4, -0.2) is 43.8 Å². The zero-order chi connectivity index (χ0) is 19.4. The van der Waals surface area contributed by atoms with E-state index >= 15 is 0 Å². The predicted octanol–water partition coefficient (Wildman–Crippen LogP) is 3.09. The van der Waals surface area contributed by atoms with Crippen LogP contribution in [0.1, 0.15) is 46.1 Å². The van der Waals surface area contributed by atoms with Crippen LogP contribution in [0.5, 0.6) is 0 Å². The van der Waals surface area contributed by atoms with Gasteiger partial charge in [0, 0.05) is 26.2 Å². The summed E-state index contributed by atoms with van der Waals surface area (Å²) in [7, 11) is 1.76. The van der Waals surface area contributed by atoms with Crippen molar-refractivity contribution in [2.75, 3.05) is 20.1 Å². The Morgan fingerprint density at radius 2 is 1.81 bits per heavy atom. The molecule has 0 fully saturated rings. The number of aryl methyl sites for hydroxylation is 1. The molecular weight excluding hydrogens is 328 g/mol. The van der Waals surface area contributed by atoms with Gasteiger partial charge in [-0.25, -0.2) is 4.79 Å². The van der Waals surface area contributed by atoms with Crippen molar-refractivity contribution in [1.82, 2.24) is 16.0 Å². The van der Waals surface area contributed by atoms with Crippen LogP contribution in [-0.2, 0) is 11.2 Å². The molecule has 0 aliphatic heterocycles. The molecule has 1 atom stereocenters. The lowest BCUT2D eigenvalue weighted by atomic mass is 10.1. The minimum atomic E-state index is -0.468. The number of guanidine groups is 1. The largest absolute Gasteiger partial charge is 0.444 e. The summed E-state index contributed by atoms with van der Waals surface area (Å²) >= 11 is 0. The number of hydrogen-bond donors (Lipinski definition) is 3. The van der Waals surface area contributed by atoms with Crippen molar-refractivity contribution in [2.45, 2.75) is 58.6 Å². The maximum atomic E-state index is 11.6. The van der Waals surface area contributed by atoms with Gasteiger partial charge in [-0.05, 0) is 52.5 Å². The Morgan fingerprint density at radius 3 is 2.42 bits per heavy atom. The second-order valence-electron chi connectivity index (χ2n) is 7.35. The van der Waals surface area contributed by atoms with Crippen LogP contribution in [0.4, 0.5) is 4.79 Å². The molecule has 1 unspecified atom stereocenters. The van der Waals surface area contributed by atoms with E-state index in [1.807, 2.05) is 26.8 Å². The van der Waals surface area contributed by atoms with E-state index in [1.165, 1.54) is 5.56 Å². The molecule has 3 N–H and O–H groups in total. The summed E-state index contributed by atoms with van der Waals surface area (Å²) < 4.78 is 5.20. The normalized spacial score (nSPS) is 13.0. The quantitative estimate of drug-likeness (QED) is 0.377. The number of amides is 1. The van der Waals surface area contributed by atoms with Crippen molar-refractivity contribution < 1.29 is 9.53 Å². The molecule has 26 heavy (non-hydrogen) atoms. The molecule has 0 radical (unpaired) electrons. The second-order valence-corrected chi connectivity index (χ2v) is 7.35. The van der Waals surface area contributed by atoms with E-state index in [0.29, 0.717) is 12.6 Å². The number of ether oxygens (including phenoxy) is 1. The topological polar surface area (TPSA) is 74.8 Å². The van der Waals surface area contributed by atoms with Crippen molar-refractivity contribution in [3.8, 4) is 0 Å². The van der Waals surface area contributed by atoms with Gasteiger partial charge in [0.15, 0.2) is 5.96 Å². The predicted molar refractivity (Wildman–Crippen MR) is 108 cm³/mol. The van der Waals surface area contributed by atoms with E-state index in [9.17, 15) is 4.79 Å². The van der Waals surface area contributed by atoms with Crippen molar-refractivity contribution >= 4 is 12.1 Å². The highest BCUT2D eigenvalue weighted by Gasteiger charge is 2.15. The highest BCUT2D eigenvalue weighted by molar-refractivity contribution is 5.79. The Kier molecular flexibility index (Phi) is 9.55. The number of rotatable bonds is 8. The fraction of sp³-hybridized carbons (Fsp3) is 0.600. The standard InChI is InChI=1S/C20H34N4O2/c1-16(12-13-17-10-7-6-8-11-17)24-18(21-5)22-14-9-15-23-19(25)26-20(2,3)4/h6-8,10-11,16H,9,12-15H2,1-5H3,(H,23,25)(H2,21,22,24). The van der Waals surface area contributed by atoms with E-state index in [-0.39, 0.29) is 6.09 Å². The van der Waals surface area contributed by atoms with Crippen LogP contribution in [0.3, 0.4) is 0 Å². The molecule has 1 aromatic rings. The molecule has 1 aromatic carbocycles. The molecule has 0 saturated carbocycles. The number of carbonyl (C=O) groups excluding carboxylic acids is 1. The molecule has 0 saturated heterocycles. The zero-order valence-corrected chi connectivity index (χ0v) is 16.8. The summed E-state index contributed by atoms with van der Waals surface area (Å²) in [6.07, 6.45) is 2.48. The smallest absolute Gasteiger partial charge is 0.407 e. The molecular formula is C20H34N4O2. The number of carbonyl (C=O) groups is 1. The minimum Gasteiger partial charge on any atom is -0.444 e. The molecule has 1 rings (SSSR count). The Morgan fingerprint density at radius 1 is 1.15 bits per heavy atom. The van der Waals surface area contributed by atoms with Crippen molar-refractivity contribution in [3.63, 3.8) is 0 Å². The summed E-state index contributed by atoms with van der Waals surface area (Å²) in [4.78, 5) is 15.8. The first-order chi connectivity index (χ1) is 12.3. The number of nitrogens with one attached hydrogen (secondary N) is 3. The third-order valence-electron chi connectivity index (χ3n) is 3.63. The van der Waals surface area contributed by atoms with Gasteiger partial charge in [0.2, 0.25) is 0 Å². The first kappa shape index (κ1) is 21.8. The Labute approximate surface area is 157 Å². The summed E-state index contributed by atoms with van der Waals surface area (Å²) in [6.45, 7) is 8.98. The van der Waals surface area contributed by atoms with Crippen LogP contribution < -0.4 is 16.0 Å². The Hall–Kier alpha value is -2.24. The molecule has 0 spiro atoms. The molecule has 0 aromatic heterocycles. The number of nitrogens with zero attached hydrogens (tertiary/aromatic N) is 1. The van der Waals surface area contributed by atoms with Crippen LogP contribution in [0, 0.1) is 0 Å². The number of hydrogen-bond acceptors (Lipinski definition) is 3. The maximum Gasteiger partial charge on any atom is 0.407 e. The van der Waals surface area contributed by atoms with Gasteiger partial charge in [0.05, 0.1) is 0 Å². The first-order valence-electron chi connectivity index (χ1n) is 9.28. The van der Waals surface area contributed by atoms with Gasteiger partial charge in [0.1, 0.15) is 5.60 Å². The molecule has 0 bridgehead atoms. The van der Waals surface area contributed by atoms with Gasteiger partial charge in [0.25, 0.3) is 0 Å². The van der Waals surface area contributed by atoms with Gasteiger partial charge in [-0.1, -0.05) is 30.3 Å². The van der Waals surface area contributed by atoms with Crippen LogP contribution in [0.2, 0.25) is 0 Å². The second kappa shape index (κ2) is 11.4. The van der Waals surface area contributed by atoms with Gasteiger partial charge in [-0.2, -0.15) is 0 Å². The lowest BCUT2D eigenvalue weighted by Gasteiger charge is -2.20. The molecule has 0 aliphatic rings. The van der Waals surface area contributed by atoms with Crippen molar-refractivity contribution in [2.24, 2.45) is 4.99 Å². The van der Waals surface area contributed by atoms with Crippen LogP contribution in [0.15, 0.2) is 35.3 Å². The lowest BCUT2D eigenvalue weighted by molar-refractivity contribution is 0.0527. The van der Waals surface area contributed by atoms with Crippen LogP contribution in [0.25, 0.3) is 0 Å². The molecule has 0 heterocycles. The SMILES string of the molecule is CN=C(NCCCNC(=O)OC(C)(C)C)NC(C)CCc1ccccc1. The monoisotopic (exact) mass is 362 g/mol. The summed E-state index contributed by atoms with van der Waals surface area (Å²) in [6, 6.07) is 10.8. The Bertz CT molecular complexity index is 553. The molecule has 146 valence electrons. The molecule has 0 aliphatic carbocycles. The fourth-order valence-electron chi connectivity index (χ4n) is 2.33. The van der Waals surface area contributed by atoms with Gasteiger partial charge in [-0.15, -0.1) is 0 Å². The highest BCUT2D eigenvalue weighted by Crippen LogP contribution is 2.06. The molecule has 6 nitrogen and oxygen atoms in total. The third kappa shape index (κ3) is 10.6. The fourth-order valence-corrected chi connectivity index (χ4v) is 2.33. The third-order valence-corrected chi connectivity index (χ3v) is 3.63. The summed E-state index contributed by atoms with van der Waals surface area (Å²) in [5, 5.41) is 9.41. The summed E-state index contributed by atoms with van der Waals surface area (Å²) in [5.74, 6) is 0.780. The van der Waals surface area contributed by atoms with E-state index in [4.69, 9.17) is 4.74 Å². The average molecular weight is 363 g/mol. The molecule has 6 heteroatoms. The van der Waals surface area contributed by atoms with Crippen molar-refractivity contribution in [3.05, 3.63) is 35.9 Å². The number of aliphatic imine (C=N–C) groups is 1.